The van der Waals surface area contributed by atoms with E-state index in [2.05, 4.69) is 5.32 Å². The van der Waals surface area contributed by atoms with Gasteiger partial charge in [0.15, 0.2) is 11.5 Å². The highest BCUT2D eigenvalue weighted by Gasteiger charge is 2.24. The minimum absolute atomic E-state index is 0.0571. The number of anilines is 1. The Bertz CT molecular complexity index is 933. The summed E-state index contributed by atoms with van der Waals surface area (Å²) in [6, 6.07) is 12.2. The number of hydrogen-bond acceptors (Lipinski definition) is 7. The highest BCUT2D eigenvalue weighted by molar-refractivity contribution is 7.98. The van der Waals surface area contributed by atoms with Crippen molar-refractivity contribution in [3.05, 3.63) is 60.2 Å². The Morgan fingerprint density at radius 1 is 1.19 bits per heavy atom. The number of methoxy groups -OCH3 is 1. The third kappa shape index (κ3) is 7.51. The zero-order valence-electron chi connectivity index (χ0n) is 18.2. The third-order valence-corrected chi connectivity index (χ3v) is 5.53. The van der Waals surface area contributed by atoms with E-state index in [1.807, 2.05) is 25.3 Å². The van der Waals surface area contributed by atoms with Gasteiger partial charge < -0.3 is 14.6 Å². The van der Waals surface area contributed by atoms with Gasteiger partial charge in [-0.3, -0.25) is 15.3 Å². The molecule has 2 atom stereocenters. The maximum atomic E-state index is 12.6. The fourth-order valence-corrected chi connectivity index (χ4v) is 3.48. The predicted molar refractivity (Wildman–Crippen MR) is 123 cm³/mol. The first-order valence-corrected chi connectivity index (χ1v) is 11.2. The SMILES string of the molecule is COc1ccc([C@H](OC(=O)Nc2ccc(SC)cc2)[C@@H](C)CC/C=C/C(=O)NO)cc1O. The number of amides is 2. The number of hydroxylamine groups is 1. The molecule has 0 aliphatic heterocycles. The van der Waals surface area contributed by atoms with Crippen LogP contribution in [0.15, 0.2) is 59.5 Å². The van der Waals surface area contributed by atoms with Crippen LogP contribution in [0.25, 0.3) is 0 Å². The number of carbonyl (C=O) groups excluding carboxylic acids is 2. The van der Waals surface area contributed by atoms with E-state index < -0.39 is 18.1 Å². The fraction of sp³-hybridized carbons (Fsp3) is 0.304. The Morgan fingerprint density at radius 3 is 2.50 bits per heavy atom. The Hall–Kier alpha value is -3.17. The van der Waals surface area contributed by atoms with Gasteiger partial charge in [-0.25, -0.2) is 10.3 Å². The molecule has 0 saturated carbocycles. The quantitative estimate of drug-likeness (QED) is 0.173. The molecule has 8 nitrogen and oxygen atoms in total. The summed E-state index contributed by atoms with van der Waals surface area (Å²) in [5.74, 6) is -0.499. The molecule has 2 aromatic carbocycles. The van der Waals surface area contributed by atoms with E-state index in [9.17, 15) is 14.7 Å². The summed E-state index contributed by atoms with van der Waals surface area (Å²) in [4.78, 5) is 24.8. The summed E-state index contributed by atoms with van der Waals surface area (Å²) in [6.07, 6.45) is 4.65. The van der Waals surface area contributed by atoms with E-state index >= 15 is 0 Å². The fourth-order valence-electron chi connectivity index (χ4n) is 3.07. The number of carbonyl (C=O) groups is 2. The van der Waals surface area contributed by atoms with Gasteiger partial charge >= 0.3 is 6.09 Å². The molecule has 0 aromatic heterocycles. The van der Waals surface area contributed by atoms with Crippen molar-refractivity contribution < 1.29 is 29.4 Å². The van der Waals surface area contributed by atoms with E-state index in [1.165, 1.54) is 24.7 Å². The molecule has 0 bridgehead atoms. The van der Waals surface area contributed by atoms with Crippen molar-refractivity contribution in [2.45, 2.75) is 30.8 Å². The van der Waals surface area contributed by atoms with Gasteiger partial charge in [-0.15, -0.1) is 11.8 Å². The lowest BCUT2D eigenvalue weighted by molar-refractivity contribution is -0.124. The minimum atomic E-state index is -0.655. The number of phenolic OH excluding ortho intramolecular Hbond substituents is 1. The molecule has 0 radical (unpaired) electrons. The van der Waals surface area contributed by atoms with Crippen LogP contribution in [0.1, 0.15) is 31.4 Å². The van der Waals surface area contributed by atoms with E-state index in [0.717, 1.165) is 4.90 Å². The second-order valence-corrected chi connectivity index (χ2v) is 7.92. The Labute approximate surface area is 191 Å². The lowest BCUT2D eigenvalue weighted by atomic mass is 9.92. The highest BCUT2D eigenvalue weighted by Crippen LogP contribution is 2.35. The lowest BCUT2D eigenvalue weighted by Crippen LogP contribution is -2.22. The molecular formula is C23H28N2O6S. The molecule has 2 amide bonds. The maximum absolute atomic E-state index is 12.6. The van der Waals surface area contributed by atoms with Crippen molar-refractivity contribution in [1.82, 2.24) is 5.48 Å². The molecule has 0 aliphatic rings. The highest BCUT2D eigenvalue weighted by atomic mass is 32.2. The van der Waals surface area contributed by atoms with E-state index in [4.69, 9.17) is 14.7 Å². The van der Waals surface area contributed by atoms with Crippen molar-refractivity contribution in [2.24, 2.45) is 5.92 Å². The molecule has 32 heavy (non-hydrogen) atoms. The molecule has 0 fully saturated rings. The number of hydrogen-bond donors (Lipinski definition) is 4. The zero-order valence-corrected chi connectivity index (χ0v) is 19.0. The van der Waals surface area contributed by atoms with Crippen LogP contribution >= 0.6 is 11.8 Å². The van der Waals surface area contributed by atoms with E-state index in [0.29, 0.717) is 29.8 Å². The predicted octanol–water partition coefficient (Wildman–Crippen LogP) is 4.89. The van der Waals surface area contributed by atoms with Crippen LogP contribution in [0.3, 0.4) is 0 Å². The molecule has 0 aliphatic carbocycles. The third-order valence-electron chi connectivity index (χ3n) is 4.79. The first kappa shape index (κ1) is 25.1. The average molecular weight is 461 g/mol. The van der Waals surface area contributed by atoms with Gasteiger partial charge in [-0.2, -0.15) is 0 Å². The Morgan fingerprint density at radius 2 is 1.91 bits per heavy atom. The molecule has 0 saturated heterocycles. The van der Waals surface area contributed by atoms with Crippen molar-refractivity contribution in [3.63, 3.8) is 0 Å². The summed E-state index contributed by atoms with van der Waals surface area (Å²) < 4.78 is 10.8. The zero-order chi connectivity index (χ0) is 23.5. The molecule has 9 heteroatoms. The van der Waals surface area contributed by atoms with Crippen molar-refractivity contribution in [3.8, 4) is 11.5 Å². The Balaban J connectivity index is 2.14. The van der Waals surface area contributed by atoms with Gasteiger partial charge in [0.05, 0.1) is 7.11 Å². The van der Waals surface area contributed by atoms with Gasteiger partial charge in [0.2, 0.25) is 0 Å². The number of thioether (sulfide) groups is 1. The van der Waals surface area contributed by atoms with Crippen LogP contribution in [-0.4, -0.2) is 35.7 Å². The van der Waals surface area contributed by atoms with Crippen molar-refractivity contribution in [2.75, 3.05) is 18.7 Å². The van der Waals surface area contributed by atoms with Crippen LogP contribution < -0.4 is 15.5 Å². The van der Waals surface area contributed by atoms with Crippen LogP contribution in [0.4, 0.5) is 10.5 Å². The van der Waals surface area contributed by atoms with Gasteiger partial charge in [0.25, 0.3) is 5.91 Å². The Kier molecular flexibility index (Phi) is 9.90. The van der Waals surface area contributed by atoms with Crippen LogP contribution in [0.5, 0.6) is 11.5 Å². The first-order chi connectivity index (χ1) is 15.4. The summed E-state index contributed by atoms with van der Waals surface area (Å²) in [5.41, 5.74) is 2.75. The minimum Gasteiger partial charge on any atom is -0.504 e. The lowest BCUT2D eigenvalue weighted by Gasteiger charge is -2.25. The summed E-state index contributed by atoms with van der Waals surface area (Å²) >= 11 is 1.60. The van der Waals surface area contributed by atoms with Gasteiger partial charge in [0.1, 0.15) is 6.10 Å². The van der Waals surface area contributed by atoms with Crippen molar-refractivity contribution >= 4 is 29.4 Å². The largest absolute Gasteiger partial charge is 0.504 e. The second kappa shape index (κ2) is 12.6. The van der Waals surface area contributed by atoms with E-state index in [-0.39, 0.29) is 11.7 Å². The van der Waals surface area contributed by atoms with Gasteiger partial charge in [0, 0.05) is 16.7 Å². The number of allylic oxidation sites excluding steroid dienone is 1. The number of rotatable bonds is 10. The molecule has 0 heterocycles. The van der Waals surface area contributed by atoms with Crippen LogP contribution in [0, 0.1) is 5.92 Å². The monoisotopic (exact) mass is 460 g/mol. The first-order valence-electron chi connectivity index (χ1n) is 9.97. The molecular weight excluding hydrogens is 432 g/mol. The van der Waals surface area contributed by atoms with E-state index in [1.54, 1.807) is 42.1 Å². The second-order valence-electron chi connectivity index (χ2n) is 7.04. The summed E-state index contributed by atoms with van der Waals surface area (Å²) in [5, 5.41) is 21.5. The number of ether oxygens (including phenoxy) is 2. The molecule has 0 unspecified atom stereocenters. The van der Waals surface area contributed by atoms with Crippen molar-refractivity contribution in [1.29, 1.82) is 0 Å². The topological polar surface area (TPSA) is 117 Å². The number of benzene rings is 2. The number of aromatic hydroxyl groups is 1. The van der Waals surface area contributed by atoms with Gasteiger partial charge in [-0.05, 0) is 67.0 Å². The summed E-state index contributed by atoms with van der Waals surface area (Å²) in [7, 11) is 1.45. The standard InChI is InChI=1S/C23H28N2O6S/c1-15(6-4-5-7-21(27)25-29)22(16-8-13-20(30-2)19(26)14-16)31-23(28)24-17-9-11-18(32-3)12-10-17/h5,7-15,22,26,29H,4,6H2,1-3H3,(H,24,28)(H,25,27)/b7-5+/t15-,22+/m0/s1. The maximum Gasteiger partial charge on any atom is 0.412 e. The molecule has 2 rings (SSSR count). The molecule has 0 spiro atoms. The number of nitrogens with one attached hydrogen (secondary N) is 2. The smallest absolute Gasteiger partial charge is 0.412 e. The molecule has 2 aromatic rings. The molecule has 172 valence electrons. The van der Waals surface area contributed by atoms with Crippen LogP contribution in [-0.2, 0) is 9.53 Å². The van der Waals surface area contributed by atoms with Gasteiger partial charge in [-0.1, -0.05) is 19.1 Å². The number of phenols is 1. The van der Waals surface area contributed by atoms with Crippen LogP contribution in [0.2, 0.25) is 0 Å². The summed E-state index contributed by atoms with van der Waals surface area (Å²) in [6.45, 7) is 1.91. The normalized spacial score (nSPS) is 12.8. The average Bonchev–Trinajstić information content (AvgIpc) is 2.80. The molecule has 4 N–H and O–H groups in total.